The molecule has 0 spiro atoms. The molecule has 2 aromatic carbocycles. The zero-order chi connectivity index (χ0) is 22.1. The number of fused-ring (bicyclic) bond motifs is 1. The maximum absolute atomic E-state index is 13.5. The van der Waals surface area contributed by atoms with E-state index in [0.29, 0.717) is 0 Å². The van der Waals surface area contributed by atoms with E-state index in [2.05, 4.69) is 10.4 Å². The molecule has 0 aliphatic carbocycles. The first-order valence-electron chi connectivity index (χ1n) is 9.35. The molecule has 0 fully saturated rings. The molecule has 0 saturated heterocycles. The van der Waals surface area contributed by atoms with Crippen LogP contribution in [0, 0.1) is 18.6 Å². The van der Waals surface area contributed by atoms with Gasteiger partial charge in [0.1, 0.15) is 5.75 Å². The van der Waals surface area contributed by atoms with Gasteiger partial charge < -0.3 is 14.8 Å². The van der Waals surface area contributed by atoms with Gasteiger partial charge in [0.2, 0.25) is 5.71 Å². The molecule has 0 unspecified atom stereocenters. The van der Waals surface area contributed by atoms with E-state index in [1.807, 2.05) is 30.3 Å². The van der Waals surface area contributed by atoms with Gasteiger partial charge in [0.15, 0.2) is 11.6 Å². The average molecular weight is 425 g/mol. The SMILES string of the molecule is Cc1c(O)c(Cc2ccc(F)c(F)c2)c(=O)n2nc(C(=O)NCc3ccccc3)oc12. The number of halogens is 2. The first-order chi connectivity index (χ1) is 14.8. The number of carbonyl (C=O) groups excluding carboxylic acids is 1. The summed E-state index contributed by atoms with van der Waals surface area (Å²) in [6, 6.07) is 12.4. The van der Waals surface area contributed by atoms with Crippen LogP contribution in [0.3, 0.4) is 0 Å². The molecule has 0 aliphatic heterocycles. The molecule has 2 N–H and O–H groups in total. The smallest absolute Gasteiger partial charge is 0.309 e. The number of aromatic hydroxyl groups is 1. The van der Waals surface area contributed by atoms with Crippen LogP contribution >= 0.6 is 0 Å². The van der Waals surface area contributed by atoms with Crippen molar-refractivity contribution < 1.29 is 23.1 Å². The number of carbonyl (C=O) groups is 1. The molecule has 2 heterocycles. The van der Waals surface area contributed by atoms with E-state index in [4.69, 9.17) is 4.42 Å². The summed E-state index contributed by atoms with van der Waals surface area (Å²) in [6.45, 7) is 1.73. The molecular weight excluding hydrogens is 408 g/mol. The van der Waals surface area contributed by atoms with Gasteiger partial charge in [0.05, 0.1) is 11.1 Å². The Kier molecular flexibility index (Phi) is 5.24. The minimum absolute atomic E-state index is 0.0782. The molecule has 0 saturated carbocycles. The highest BCUT2D eigenvalue weighted by molar-refractivity contribution is 5.89. The zero-order valence-corrected chi connectivity index (χ0v) is 16.4. The van der Waals surface area contributed by atoms with Crippen LogP contribution in [-0.2, 0) is 13.0 Å². The Balaban J connectivity index is 1.66. The van der Waals surface area contributed by atoms with Crippen LogP contribution in [0.4, 0.5) is 8.78 Å². The number of hydrogen-bond acceptors (Lipinski definition) is 5. The van der Waals surface area contributed by atoms with Gasteiger partial charge in [-0.05, 0) is 30.2 Å². The molecule has 31 heavy (non-hydrogen) atoms. The molecule has 9 heteroatoms. The number of nitrogens with one attached hydrogen (secondary N) is 1. The molecule has 0 aliphatic rings. The molecule has 4 rings (SSSR count). The van der Waals surface area contributed by atoms with Crippen molar-refractivity contribution in [1.82, 2.24) is 14.9 Å². The summed E-state index contributed by atoms with van der Waals surface area (Å²) >= 11 is 0. The first kappa shape index (κ1) is 20.3. The van der Waals surface area contributed by atoms with Crippen LogP contribution in [0.15, 0.2) is 57.7 Å². The monoisotopic (exact) mass is 425 g/mol. The molecule has 1 amide bonds. The van der Waals surface area contributed by atoms with Crippen molar-refractivity contribution in [3.63, 3.8) is 0 Å². The lowest BCUT2D eigenvalue weighted by atomic mass is 10.0. The summed E-state index contributed by atoms with van der Waals surface area (Å²) in [4.78, 5) is 25.3. The largest absolute Gasteiger partial charge is 0.507 e. The Morgan fingerprint density at radius 1 is 1.13 bits per heavy atom. The van der Waals surface area contributed by atoms with Gasteiger partial charge in [-0.2, -0.15) is 4.52 Å². The number of pyridine rings is 1. The second kappa shape index (κ2) is 8.02. The number of nitrogens with zero attached hydrogens (tertiary/aromatic N) is 2. The van der Waals surface area contributed by atoms with Gasteiger partial charge >= 0.3 is 11.8 Å². The Morgan fingerprint density at radius 3 is 2.58 bits per heavy atom. The average Bonchev–Trinajstić information content (AvgIpc) is 3.23. The third kappa shape index (κ3) is 3.89. The molecule has 4 aromatic rings. The van der Waals surface area contributed by atoms with Crippen LogP contribution in [0.1, 0.15) is 32.9 Å². The van der Waals surface area contributed by atoms with E-state index in [1.54, 1.807) is 0 Å². The van der Waals surface area contributed by atoms with Crippen molar-refractivity contribution in [2.24, 2.45) is 0 Å². The summed E-state index contributed by atoms with van der Waals surface area (Å²) in [6.07, 6.45) is -0.159. The van der Waals surface area contributed by atoms with E-state index >= 15 is 0 Å². The highest BCUT2D eigenvalue weighted by atomic mass is 19.2. The van der Waals surface area contributed by atoms with Gasteiger partial charge in [0.25, 0.3) is 5.56 Å². The summed E-state index contributed by atoms with van der Waals surface area (Å²) < 4.78 is 33.0. The molecule has 2 aromatic heterocycles. The van der Waals surface area contributed by atoms with Gasteiger partial charge in [-0.1, -0.05) is 36.4 Å². The Hall–Kier alpha value is -4.01. The van der Waals surface area contributed by atoms with Crippen LogP contribution in [-0.4, -0.2) is 20.6 Å². The molecule has 7 nitrogen and oxygen atoms in total. The van der Waals surface area contributed by atoms with Crippen LogP contribution in [0.25, 0.3) is 5.71 Å². The van der Waals surface area contributed by atoms with Crippen molar-refractivity contribution in [3.05, 3.63) is 98.7 Å². The maximum Gasteiger partial charge on any atom is 0.309 e. The van der Waals surface area contributed by atoms with Crippen molar-refractivity contribution in [3.8, 4) is 5.75 Å². The minimum atomic E-state index is -1.06. The lowest BCUT2D eigenvalue weighted by Gasteiger charge is -2.07. The Morgan fingerprint density at radius 2 is 1.87 bits per heavy atom. The lowest BCUT2D eigenvalue weighted by Crippen LogP contribution is -2.24. The summed E-state index contributed by atoms with van der Waals surface area (Å²) in [5, 5.41) is 17.1. The fraction of sp³-hybridized carbons (Fsp3) is 0.136. The fourth-order valence-electron chi connectivity index (χ4n) is 3.18. The normalized spacial score (nSPS) is 11.1. The minimum Gasteiger partial charge on any atom is -0.507 e. The predicted molar refractivity (Wildman–Crippen MR) is 107 cm³/mol. The third-order valence-corrected chi connectivity index (χ3v) is 4.84. The van der Waals surface area contributed by atoms with Gasteiger partial charge in [-0.25, -0.2) is 8.78 Å². The quantitative estimate of drug-likeness (QED) is 0.512. The summed E-state index contributed by atoms with van der Waals surface area (Å²) in [5.74, 6) is -3.41. The van der Waals surface area contributed by atoms with Crippen LogP contribution < -0.4 is 10.9 Å². The number of hydrogen-bond donors (Lipinski definition) is 2. The molecule has 0 radical (unpaired) electrons. The van der Waals surface area contributed by atoms with E-state index < -0.39 is 23.1 Å². The third-order valence-electron chi connectivity index (χ3n) is 4.84. The standard InChI is InChI=1S/C22H17F2N3O4/c1-12-18(28)15(9-14-7-8-16(23)17(24)10-14)21(30)27-22(12)31-20(26-27)19(29)25-11-13-5-3-2-4-6-13/h2-8,10,28H,9,11H2,1H3,(H,25,29). The summed E-state index contributed by atoms with van der Waals surface area (Å²) in [7, 11) is 0. The van der Waals surface area contributed by atoms with Crippen molar-refractivity contribution in [1.29, 1.82) is 0 Å². The van der Waals surface area contributed by atoms with Gasteiger partial charge in [-0.3, -0.25) is 9.59 Å². The number of amides is 1. The van der Waals surface area contributed by atoms with Crippen molar-refractivity contribution in [2.45, 2.75) is 19.9 Å². The predicted octanol–water partition coefficient (Wildman–Crippen LogP) is 3.10. The number of aryl methyl sites for hydroxylation is 1. The van der Waals surface area contributed by atoms with Crippen molar-refractivity contribution in [2.75, 3.05) is 0 Å². The van der Waals surface area contributed by atoms with E-state index in [1.165, 1.54) is 13.0 Å². The van der Waals surface area contributed by atoms with E-state index in [9.17, 15) is 23.5 Å². The molecule has 0 bridgehead atoms. The highest BCUT2D eigenvalue weighted by Crippen LogP contribution is 2.26. The zero-order valence-electron chi connectivity index (χ0n) is 16.4. The van der Waals surface area contributed by atoms with Crippen LogP contribution in [0.5, 0.6) is 5.75 Å². The van der Waals surface area contributed by atoms with Crippen LogP contribution in [0.2, 0.25) is 0 Å². The van der Waals surface area contributed by atoms with Gasteiger partial charge in [-0.15, -0.1) is 5.10 Å². The Labute approximate surface area is 174 Å². The van der Waals surface area contributed by atoms with Crippen molar-refractivity contribution >= 4 is 11.6 Å². The number of aromatic nitrogens is 2. The second-order valence-corrected chi connectivity index (χ2v) is 6.97. The van der Waals surface area contributed by atoms with Gasteiger partial charge in [0, 0.05) is 13.0 Å². The highest BCUT2D eigenvalue weighted by Gasteiger charge is 2.22. The van der Waals surface area contributed by atoms with E-state index in [0.717, 1.165) is 22.2 Å². The van der Waals surface area contributed by atoms with E-state index in [-0.39, 0.29) is 47.0 Å². The second-order valence-electron chi connectivity index (χ2n) is 6.97. The molecular formula is C22H17F2N3O4. The first-order valence-corrected chi connectivity index (χ1v) is 9.35. The Bertz CT molecular complexity index is 1350. The maximum atomic E-state index is 13.5. The molecule has 158 valence electrons. The fourth-order valence-corrected chi connectivity index (χ4v) is 3.18. The summed E-state index contributed by atoms with van der Waals surface area (Å²) in [5.41, 5.74) is 0.453. The molecule has 0 atom stereocenters. The topological polar surface area (TPSA) is 96.8 Å². The number of rotatable bonds is 5. The number of benzene rings is 2. The lowest BCUT2D eigenvalue weighted by molar-refractivity contribution is 0.0918.